The minimum Gasteiger partial charge on any atom is -0.389 e. The smallest absolute Gasteiger partial charge is 0.152 e. The zero-order valence-electron chi connectivity index (χ0n) is 14.5. The molecular weight excluding hydrogens is 302 g/mol. The van der Waals surface area contributed by atoms with E-state index in [0.717, 1.165) is 35.2 Å². The van der Waals surface area contributed by atoms with Gasteiger partial charge in [-0.15, -0.1) is 0 Å². The van der Waals surface area contributed by atoms with Gasteiger partial charge in [-0.25, -0.2) is 9.97 Å². The number of nitrogens with one attached hydrogen (secondary N) is 1. The highest BCUT2D eigenvalue weighted by Crippen LogP contribution is 2.29. The average molecular weight is 327 g/mol. The fourth-order valence-electron chi connectivity index (χ4n) is 2.97. The Morgan fingerprint density at radius 2 is 2.00 bits per heavy atom. The van der Waals surface area contributed by atoms with Gasteiger partial charge in [-0.05, 0) is 32.9 Å². The van der Waals surface area contributed by atoms with Gasteiger partial charge in [-0.1, -0.05) is 25.1 Å². The summed E-state index contributed by atoms with van der Waals surface area (Å²) in [6.07, 6.45) is 1.05. The van der Waals surface area contributed by atoms with E-state index in [1.165, 1.54) is 0 Å². The number of para-hydroxylation sites is 1. The predicted octanol–water partition coefficient (Wildman–Crippen LogP) is 2.44. The summed E-state index contributed by atoms with van der Waals surface area (Å²) in [7, 11) is 0. The SMILES string of the molecule is CCCNCc1nc2c(N)nc3ccccc3c2n1CC(C)(C)O. The van der Waals surface area contributed by atoms with Gasteiger partial charge in [0.1, 0.15) is 11.3 Å². The highest BCUT2D eigenvalue weighted by molar-refractivity contribution is 6.06. The molecule has 0 saturated heterocycles. The van der Waals surface area contributed by atoms with Crippen LogP contribution in [0, 0.1) is 0 Å². The maximum absolute atomic E-state index is 10.4. The molecule has 0 amide bonds. The van der Waals surface area contributed by atoms with E-state index in [1.807, 2.05) is 24.3 Å². The maximum atomic E-state index is 10.4. The number of aromatic nitrogens is 3. The van der Waals surface area contributed by atoms with E-state index < -0.39 is 5.60 Å². The van der Waals surface area contributed by atoms with Crippen LogP contribution in [0.1, 0.15) is 33.0 Å². The number of fused-ring (bicyclic) bond motifs is 3. The second-order valence-corrected chi connectivity index (χ2v) is 6.81. The van der Waals surface area contributed by atoms with Crippen LogP contribution in [-0.4, -0.2) is 31.8 Å². The molecule has 0 radical (unpaired) electrons. The van der Waals surface area contributed by atoms with E-state index >= 15 is 0 Å². The van der Waals surface area contributed by atoms with Crippen LogP contribution in [-0.2, 0) is 13.1 Å². The number of pyridine rings is 1. The Bertz CT molecular complexity index is 863. The number of aliphatic hydroxyl groups is 1. The normalized spacial score (nSPS) is 12.3. The lowest BCUT2D eigenvalue weighted by Gasteiger charge is -2.21. The maximum Gasteiger partial charge on any atom is 0.152 e. The van der Waals surface area contributed by atoms with Crippen molar-refractivity contribution < 1.29 is 5.11 Å². The number of nitrogens with two attached hydrogens (primary N) is 1. The zero-order valence-corrected chi connectivity index (χ0v) is 14.5. The topological polar surface area (TPSA) is 89.0 Å². The lowest BCUT2D eigenvalue weighted by Crippen LogP contribution is -2.28. The Morgan fingerprint density at radius 1 is 1.25 bits per heavy atom. The molecule has 6 heteroatoms. The molecule has 2 aromatic heterocycles. The van der Waals surface area contributed by atoms with Crippen molar-refractivity contribution in [1.29, 1.82) is 0 Å². The lowest BCUT2D eigenvalue weighted by molar-refractivity contribution is 0.0618. The molecule has 2 heterocycles. The molecule has 4 N–H and O–H groups in total. The van der Waals surface area contributed by atoms with Crippen molar-refractivity contribution >= 4 is 27.8 Å². The first kappa shape index (κ1) is 16.7. The molecule has 1 aromatic carbocycles. The van der Waals surface area contributed by atoms with Crippen molar-refractivity contribution in [3.8, 4) is 0 Å². The Morgan fingerprint density at radius 3 is 2.71 bits per heavy atom. The molecule has 0 atom stereocenters. The monoisotopic (exact) mass is 327 g/mol. The van der Waals surface area contributed by atoms with E-state index in [0.29, 0.717) is 24.4 Å². The molecule has 0 bridgehead atoms. The highest BCUT2D eigenvalue weighted by atomic mass is 16.3. The number of nitrogens with zero attached hydrogens (tertiary/aromatic N) is 3. The average Bonchev–Trinajstić information content (AvgIpc) is 2.86. The number of anilines is 1. The minimum absolute atomic E-state index is 0.426. The molecule has 0 saturated carbocycles. The van der Waals surface area contributed by atoms with Crippen LogP contribution in [0.25, 0.3) is 21.9 Å². The molecule has 0 aliphatic rings. The largest absolute Gasteiger partial charge is 0.389 e. The molecule has 24 heavy (non-hydrogen) atoms. The number of imidazole rings is 1. The van der Waals surface area contributed by atoms with Crippen LogP contribution in [0.3, 0.4) is 0 Å². The summed E-state index contributed by atoms with van der Waals surface area (Å²) < 4.78 is 2.07. The number of benzene rings is 1. The summed E-state index contributed by atoms with van der Waals surface area (Å²) in [5.74, 6) is 1.29. The first-order chi connectivity index (χ1) is 11.4. The fraction of sp³-hybridized carbons (Fsp3) is 0.444. The van der Waals surface area contributed by atoms with Gasteiger partial charge in [0, 0.05) is 5.39 Å². The van der Waals surface area contributed by atoms with Gasteiger partial charge in [0.15, 0.2) is 5.82 Å². The standard InChI is InChI=1S/C18H25N5O/c1-4-9-20-10-14-22-15-16(23(14)11-18(2,3)24)12-7-5-6-8-13(12)21-17(15)19/h5-8,20,24H,4,9-11H2,1-3H3,(H2,19,21). The van der Waals surface area contributed by atoms with Crippen molar-refractivity contribution in [2.24, 2.45) is 0 Å². The van der Waals surface area contributed by atoms with E-state index in [2.05, 4.69) is 21.8 Å². The summed E-state index contributed by atoms with van der Waals surface area (Å²) in [5.41, 5.74) is 7.78. The van der Waals surface area contributed by atoms with Crippen molar-refractivity contribution in [3.05, 3.63) is 30.1 Å². The van der Waals surface area contributed by atoms with Crippen molar-refractivity contribution in [2.75, 3.05) is 12.3 Å². The van der Waals surface area contributed by atoms with Gasteiger partial charge < -0.3 is 20.7 Å². The molecule has 128 valence electrons. The van der Waals surface area contributed by atoms with E-state index in [4.69, 9.17) is 10.7 Å². The second kappa shape index (κ2) is 6.37. The van der Waals surface area contributed by atoms with E-state index in [1.54, 1.807) is 13.8 Å². The molecule has 0 unspecified atom stereocenters. The zero-order chi connectivity index (χ0) is 17.3. The molecule has 0 fully saturated rings. The fourth-order valence-corrected chi connectivity index (χ4v) is 2.97. The van der Waals surface area contributed by atoms with Crippen LogP contribution in [0.5, 0.6) is 0 Å². The van der Waals surface area contributed by atoms with Gasteiger partial charge in [-0.3, -0.25) is 0 Å². The van der Waals surface area contributed by atoms with E-state index in [9.17, 15) is 5.11 Å². The minimum atomic E-state index is -0.855. The Kier molecular flexibility index (Phi) is 4.43. The summed E-state index contributed by atoms with van der Waals surface area (Å²) in [6, 6.07) is 7.90. The number of hydrogen-bond donors (Lipinski definition) is 3. The first-order valence-corrected chi connectivity index (χ1v) is 8.37. The predicted molar refractivity (Wildman–Crippen MR) is 97.7 cm³/mol. The molecule has 0 spiro atoms. The third kappa shape index (κ3) is 3.20. The van der Waals surface area contributed by atoms with Crippen LogP contribution >= 0.6 is 0 Å². The molecule has 3 aromatic rings. The third-order valence-corrected chi connectivity index (χ3v) is 3.94. The summed E-state index contributed by atoms with van der Waals surface area (Å²) in [4.78, 5) is 9.19. The Hall–Kier alpha value is -2.18. The van der Waals surface area contributed by atoms with Gasteiger partial charge in [0.05, 0.1) is 29.7 Å². The first-order valence-electron chi connectivity index (χ1n) is 8.37. The van der Waals surface area contributed by atoms with Crippen molar-refractivity contribution in [3.63, 3.8) is 0 Å². The van der Waals surface area contributed by atoms with Crippen molar-refractivity contribution in [1.82, 2.24) is 19.9 Å². The van der Waals surface area contributed by atoms with E-state index in [-0.39, 0.29) is 0 Å². The van der Waals surface area contributed by atoms with Gasteiger partial charge in [-0.2, -0.15) is 0 Å². The quantitative estimate of drug-likeness (QED) is 0.605. The lowest BCUT2D eigenvalue weighted by atomic mass is 10.1. The third-order valence-electron chi connectivity index (χ3n) is 3.94. The number of rotatable bonds is 6. The molecule has 6 nitrogen and oxygen atoms in total. The number of hydrogen-bond acceptors (Lipinski definition) is 5. The van der Waals surface area contributed by atoms with Crippen molar-refractivity contribution in [2.45, 2.75) is 45.9 Å². The summed E-state index contributed by atoms with van der Waals surface area (Å²) in [5, 5.41) is 14.8. The molecular formula is C18H25N5O. The Balaban J connectivity index is 2.24. The van der Waals surface area contributed by atoms with Crippen LogP contribution in [0.15, 0.2) is 24.3 Å². The van der Waals surface area contributed by atoms with Crippen LogP contribution in [0.4, 0.5) is 5.82 Å². The molecule has 0 aliphatic carbocycles. The number of nitrogen functional groups attached to an aromatic ring is 1. The van der Waals surface area contributed by atoms with Gasteiger partial charge in [0.25, 0.3) is 0 Å². The van der Waals surface area contributed by atoms with Crippen LogP contribution in [0.2, 0.25) is 0 Å². The molecule has 0 aliphatic heterocycles. The molecule has 3 rings (SSSR count). The highest BCUT2D eigenvalue weighted by Gasteiger charge is 2.22. The van der Waals surface area contributed by atoms with Crippen LogP contribution < -0.4 is 11.1 Å². The van der Waals surface area contributed by atoms with Gasteiger partial charge >= 0.3 is 0 Å². The Labute approximate surface area is 141 Å². The second-order valence-electron chi connectivity index (χ2n) is 6.81. The summed E-state index contributed by atoms with van der Waals surface area (Å²) in [6.45, 7) is 7.72. The summed E-state index contributed by atoms with van der Waals surface area (Å²) >= 11 is 0. The van der Waals surface area contributed by atoms with Gasteiger partial charge in [0.2, 0.25) is 0 Å².